The molecule has 1 aliphatic carbocycles. The fourth-order valence-electron chi connectivity index (χ4n) is 3.60. The number of rotatable bonds is 8. The molecule has 31 heavy (non-hydrogen) atoms. The van der Waals surface area contributed by atoms with Crippen molar-refractivity contribution in [3.63, 3.8) is 0 Å². The third kappa shape index (κ3) is 5.15. The molecule has 1 amide bonds. The maximum Gasteiger partial charge on any atom is 0.339 e. The molecule has 1 aromatic heterocycles. The minimum atomic E-state index is -3.99. The number of imidazole rings is 1. The Hall–Kier alpha value is -3.11. The maximum absolute atomic E-state index is 12.7. The van der Waals surface area contributed by atoms with E-state index >= 15 is 0 Å². The summed E-state index contributed by atoms with van der Waals surface area (Å²) >= 11 is 0. The summed E-state index contributed by atoms with van der Waals surface area (Å²) in [6.45, 7) is -0.0986. The van der Waals surface area contributed by atoms with Gasteiger partial charge in [-0.15, -0.1) is 0 Å². The van der Waals surface area contributed by atoms with Crippen molar-refractivity contribution in [2.24, 2.45) is 0 Å². The van der Waals surface area contributed by atoms with Gasteiger partial charge in [0.05, 0.1) is 11.0 Å². The smallest absolute Gasteiger partial charge is 0.339 e. The van der Waals surface area contributed by atoms with Crippen LogP contribution in [0.5, 0.6) is 5.75 Å². The Morgan fingerprint density at radius 2 is 1.90 bits per heavy atom. The molecule has 0 aliphatic heterocycles. The molecule has 0 radical (unpaired) electrons. The van der Waals surface area contributed by atoms with Crippen molar-refractivity contribution in [1.82, 2.24) is 9.97 Å². The number of hydrogen-bond acceptors (Lipinski definition) is 7. The first-order valence-corrected chi connectivity index (χ1v) is 11.4. The van der Waals surface area contributed by atoms with Crippen LogP contribution in [0.3, 0.4) is 0 Å². The van der Waals surface area contributed by atoms with Crippen LogP contribution in [0.25, 0.3) is 11.0 Å². The Morgan fingerprint density at radius 3 is 2.61 bits per heavy atom. The lowest BCUT2D eigenvalue weighted by Crippen LogP contribution is -2.17. The van der Waals surface area contributed by atoms with E-state index in [4.69, 9.17) is 8.92 Å². The van der Waals surface area contributed by atoms with E-state index in [2.05, 4.69) is 20.6 Å². The molecule has 2 aromatic carbocycles. The van der Waals surface area contributed by atoms with E-state index in [9.17, 15) is 13.2 Å². The summed E-state index contributed by atoms with van der Waals surface area (Å²) in [6.07, 6.45) is 4.72. The summed E-state index contributed by atoms with van der Waals surface area (Å²) in [7, 11) is -2.58. The van der Waals surface area contributed by atoms with E-state index in [0.717, 1.165) is 18.5 Å². The number of aromatic amines is 1. The fourth-order valence-corrected chi connectivity index (χ4v) is 4.52. The Labute approximate surface area is 180 Å². The van der Waals surface area contributed by atoms with E-state index in [1.165, 1.54) is 44.2 Å². The van der Waals surface area contributed by atoms with Gasteiger partial charge in [-0.25, -0.2) is 4.98 Å². The minimum absolute atomic E-state index is 0.0710. The number of nitrogens with one attached hydrogen (secondary N) is 3. The number of carbonyl (C=O) groups is 1. The quantitative estimate of drug-likeness (QED) is 0.456. The van der Waals surface area contributed by atoms with Crippen LogP contribution in [0.4, 0.5) is 11.6 Å². The number of hydrogen-bond donors (Lipinski definition) is 3. The molecular weight excluding hydrogens is 420 g/mol. The van der Waals surface area contributed by atoms with Crippen molar-refractivity contribution in [3.05, 3.63) is 42.5 Å². The Kier molecular flexibility index (Phi) is 6.10. The van der Waals surface area contributed by atoms with Crippen molar-refractivity contribution < 1.29 is 22.1 Å². The third-order valence-electron chi connectivity index (χ3n) is 5.06. The van der Waals surface area contributed by atoms with Gasteiger partial charge in [0.1, 0.15) is 17.3 Å². The predicted octanol–water partition coefficient (Wildman–Crippen LogP) is 3.27. The number of aromatic nitrogens is 2. The van der Waals surface area contributed by atoms with E-state index in [1.807, 2.05) is 0 Å². The molecule has 9 nitrogen and oxygen atoms in total. The average Bonchev–Trinajstić information content (AvgIpc) is 3.37. The van der Waals surface area contributed by atoms with Gasteiger partial charge in [0.15, 0.2) is 0 Å². The second-order valence-electron chi connectivity index (χ2n) is 7.43. The number of amides is 1. The van der Waals surface area contributed by atoms with Crippen LogP contribution in [0.1, 0.15) is 25.7 Å². The third-order valence-corrected chi connectivity index (χ3v) is 6.32. The van der Waals surface area contributed by atoms with Gasteiger partial charge in [0.2, 0.25) is 5.95 Å². The van der Waals surface area contributed by atoms with Gasteiger partial charge >= 0.3 is 10.1 Å². The van der Waals surface area contributed by atoms with Crippen LogP contribution in [-0.2, 0) is 19.6 Å². The molecule has 1 saturated carbocycles. The van der Waals surface area contributed by atoms with Crippen LogP contribution in [0, 0.1) is 0 Å². The lowest BCUT2D eigenvalue weighted by Gasteiger charge is -2.14. The molecule has 3 N–H and O–H groups in total. The molecule has 3 aromatic rings. The second-order valence-corrected chi connectivity index (χ2v) is 8.98. The molecule has 0 bridgehead atoms. The Balaban J connectivity index is 1.46. The molecule has 0 spiro atoms. The van der Waals surface area contributed by atoms with Crippen LogP contribution in [0.15, 0.2) is 47.4 Å². The topological polar surface area (TPSA) is 122 Å². The van der Waals surface area contributed by atoms with Crippen LogP contribution < -0.4 is 14.8 Å². The zero-order valence-electron chi connectivity index (χ0n) is 17.1. The van der Waals surface area contributed by atoms with E-state index in [0.29, 0.717) is 17.1 Å². The molecule has 0 atom stereocenters. The zero-order valence-corrected chi connectivity index (χ0v) is 17.9. The van der Waals surface area contributed by atoms with Crippen molar-refractivity contribution in [3.8, 4) is 5.75 Å². The van der Waals surface area contributed by atoms with Crippen molar-refractivity contribution >= 4 is 38.7 Å². The summed E-state index contributed by atoms with van der Waals surface area (Å²) in [6, 6.07) is 11.7. The molecule has 10 heteroatoms. The number of nitrogens with zero attached hydrogens (tertiary/aromatic N) is 1. The van der Waals surface area contributed by atoms with E-state index in [-0.39, 0.29) is 29.1 Å². The molecule has 164 valence electrons. The van der Waals surface area contributed by atoms with Gasteiger partial charge in [-0.05, 0) is 49.2 Å². The van der Waals surface area contributed by atoms with Crippen molar-refractivity contribution in [2.45, 2.75) is 36.6 Å². The Morgan fingerprint density at radius 1 is 1.16 bits per heavy atom. The number of anilines is 2. The largest absolute Gasteiger partial charge is 0.382 e. The highest BCUT2D eigenvalue weighted by atomic mass is 32.2. The summed E-state index contributed by atoms with van der Waals surface area (Å²) < 4.78 is 35.4. The first-order valence-electron chi connectivity index (χ1n) is 10.0. The monoisotopic (exact) mass is 444 g/mol. The van der Waals surface area contributed by atoms with Gasteiger partial charge in [-0.1, -0.05) is 12.8 Å². The van der Waals surface area contributed by atoms with Crippen LogP contribution in [0.2, 0.25) is 0 Å². The van der Waals surface area contributed by atoms with Crippen molar-refractivity contribution in [1.29, 1.82) is 0 Å². The van der Waals surface area contributed by atoms with E-state index in [1.54, 1.807) is 18.2 Å². The van der Waals surface area contributed by atoms with E-state index < -0.39 is 10.1 Å². The summed E-state index contributed by atoms with van der Waals surface area (Å²) in [5.41, 5.74) is 1.98. The highest BCUT2D eigenvalue weighted by molar-refractivity contribution is 7.87. The lowest BCUT2D eigenvalue weighted by atomic mass is 10.2. The number of carbonyl (C=O) groups excluding carboxylic acids is 1. The van der Waals surface area contributed by atoms with Crippen molar-refractivity contribution in [2.75, 3.05) is 24.4 Å². The molecule has 0 unspecified atom stereocenters. The molecule has 0 saturated heterocycles. The zero-order chi connectivity index (χ0) is 21.8. The number of fused-ring (bicyclic) bond motifs is 1. The number of benzene rings is 2. The van der Waals surface area contributed by atoms with Gasteiger partial charge in [-0.2, -0.15) is 8.42 Å². The van der Waals surface area contributed by atoms with Gasteiger partial charge in [0, 0.05) is 24.9 Å². The highest BCUT2D eigenvalue weighted by Gasteiger charge is 2.19. The number of methoxy groups -OCH3 is 1. The van der Waals surface area contributed by atoms with Gasteiger partial charge in [-0.3, -0.25) is 10.1 Å². The standard InChI is InChI=1S/C21H24N4O5S/c1-29-13-20(26)25-21-23-18-11-8-16(12-19(18)24-21)30-31(27,28)17-9-6-15(7-10-17)22-14-4-2-3-5-14/h6-12,14,22H,2-5,13H2,1H3,(H2,23,24,25,26). The average molecular weight is 445 g/mol. The second kappa shape index (κ2) is 8.94. The number of H-pyrrole nitrogens is 1. The van der Waals surface area contributed by atoms with Gasteiger partial charge < -0.3 is 19.2 Å². The summed E-state index contributed by atoms with van der Waals surface area (Å²) in [5, 5.41) is 5.99. The molecule has 1 heterocycles. The molecule has 4 rings (SSSR count). The maximum atomic E-state index is 12.7. The summed E-state index contributed by atoms with van der Waals surface area (Å²) in [4.78, 5) is 18.8. The highest BCUT2D eigenvalue weighted by Crippen LogP contribution is 2.26. The van der Waals surface area contributed by atoms with Crippen LogP contribution >= 0.6 is 0 Å². The predicted molar refractivity (Wildman–Crippen MR) is 117 cm³/mol. The fraction of sp³-hybridized carbons (Fsp3) is 0.333. The minimum Gasteiger partial charge on any atom is -0.382 e. The molecule has 1 fully saturated rings. The lowest BCUT2D eigenvalue weighted by molar-refractivity contribution is -0.119. The first-order chi connectivity index (χ1) is 14.9. The Bertz CT molecular complexity index is 1170. The van der Waals surface area contributed by atoms with Crippen LogP contribution in [-0.4, -0.2) is 44.1 Å². The first kappa shape index (κ1) is 21.1. The summed E-state index contributed by atoms with van der Waals surface area (Å²) in [5.74, 6) is 0.0213. The SMILES string of the molecule is COCC(=O)Nc1nc2ccc(OS(=O)(=O)c3ccc(NC4CCCC4)cc3)cc2[nH]1. The molecule has 1 aliphatic rings. The normalized spacial score (nSPS) is 14.6. The molecular formula is C21H24N4O5S. The van der Waals surface area contributed by atoms with Gasteiger partial charge in [0.25, 0.3) is 5.91 Å². The number of ether oxygens (including phenoxy) is 1.